The van der Waals surface area contributed by atoms with Crippen LogP contribution < -0.4 is 0 Å². The molecule has 5 rings (SSSR count). The van der Waals surface area contributed by atoms with E-state index in [0.29, 0.717) is 6.04 Å². The van der Waals surface area contributed by atoms with Crippen LogP contribution in [0.2, 0.25) is 0 Å². The van der Waals surface area contributed by atoms with Crippen molar-refractivity contribution < 1.29 is 5.11 Å². The molecule has 150 valence electrons. The fraction of sp³-hybridized carbons (Fsp3) is 0.400. The normalized spacial score (nSPS) is 19.1. The molecule has 1 N–H and O–H groups in total. The summed E-state index contributed by atoms with van der Waals surface area (Å²) < 4.78 is 2.12. The molecule has 0 fully saturated rings. The second-order valence-corrected chi connectivity index (χ2v) is 8.42. The average molecular weight is 388 g/mol. The first kappa shape index (κ1) is 18.6. The first-order valence-electron chi connectivity index (χ1n) is 10.9. The average Bonchev–Trinajstić information content (AvgIpc) is 2.92. The quantitative estimate of drug-likeness (QED) is 0.688. The molecule has 0 amide bonds. The maximum Gasteiger partial charge on any atom is 0.123 e. The maximum absolute atomic E-state index is 10.8. The number of fused-ring (bicyclic) bond motifs is 2. The van der Waals surface area contributed by atoms with Crippen molar-refractivity contribution in [2.24, 2.45) is 0 Å². The lowest BCUT2D eigenvalue weighted by Gasteiger charge is -2.29. The lowest BCUT2D eigenvalue weighted by molar-refractivity contribution is 0.173. The number of benzene rings is 2. The largest absolute Gasteiger partial charge is 0.382 e. The summed E-state index contributed by atoms with van der Waals surface area (Å²) in [5, 5.41) is 15.5. The van der Waals surface area contributed by atoms with Crippen LogP contribution in [0.25, 0.3) is 0 Å². The predicted octanol–water partition coefficient (Wildman–Crippen LogP) is 4.12. The van der Waals surface area contributed by atoms with E-state index >= 15 is 0 Å². The van der Waals surface area contributed by atoms with E-state index in [2.05, 4.69) is 39.9 Å². The molecule has 2 aliphatic rings. The second kappa shape index (κ2) is 8.13. The Morgan fingerprint density at radius 2 is 1.59 bits per heavy atom. The highest BCUT2D eigenvalue weighted by atomic mass is 16.3. The molecule has 1 aliphatic carbocycles. The number of aromatic nitrogens is 2. The Labute approximate surface area is 172 Å². The van der Waals surface area contributed by atoms with Gasteiger partial charge in [-0.05, 0) is 54.9 Å². The van der Waals surface area contributed by atoms with Crippen molar-refractivity contribution >= 4 is 0 Å². The molecule has 4 nitrogen and oxygen atoms in total. The van der Waals surface area contributed by atoms with Crippen molar-refractivity contribution in [3.63, 3.8) is 0 Å². The predicted molar refractivity (Wildman–Crippen MR) is 115 cm³/mol. The third-order valence-corrected chi connectivity index (χ3v) is 6.59. The van der Waals surface area contributed by atoms with Gasteiger partial charge in [-0.3, -0.25) is 9.58 Å². The van der Waals surface area contributed by atoms with Crippen molar-refractivity contribution in [3.8, 4) is 0 Å². The minimum absolute atomic E-state index is 0.617. The number of aliphatic hydroxyl groups is 1. The van der Waals surface area contributed by atoms with Crippen molar-refractivity contribution in [3.05, 3.63) is 88.7 Å². The molecule has 0 bridgehead atoms. The Balaban J connectivity index is 1.33. The number of aliphatic hydroxyl groups excluding tert-OH is 1. The third-order valence-electron chi connectivity index (χ3n) is 6.59. The van der Waals surface area contributed by atoms with Crippen molar-refractivity contribution in [2.45, 2.75) is 57.3 Å². The molecule has 29 heavy (non-hydrogen) atoms. The van der Waals surface area contributed by atoms with Gasteiger partial charge < -0.3 is 5.11 Å². The molecule has 1 aliphatic heterocycles. The summed E-state index contributed by atoms with van der Waals surface area (Å²) in [6, 6.07) is 21.5. The molecule has 2 heterocycles. The molecule has 0 saturated heterocycles. The summed E-state index contributed by atoms with van der Waals surface area (Å²) in [4.78, 5) is 2.66. The molecular weight excluding hydrogens is 358 g/mol. The Hall–Kier alpha value is -2.43. The van der Waals surface area contributed by atoms with Gasteiger partial charge in [0.2, 0.25) is 0 Å². The van der Waals surface area contributed by atoms with E-state index in [-0.39, 0.29) is 0 Å². The van der Waals surface area contributed by atoms with Crippen LogP contribution in [0.4, 0.5) is 0 Å². The minimum atomic E-state index is -0.656. The summed E-state index contributed by atoms with van der Waals surface area (Å²) in [7, 11) is 0. The standard InChI is InChI=1S/C25H29N3O/c29-25(21-9-2-1-3-10-21)24-17-23-18-27(15-6-16-28(23)26-24)22-13-11-19-7-4-5-8-20(19)12-14-22/h1-5,7-10,17,22,25,29H,6,11-16,18H2/t25-/m0/s1. The molecule has 2 aromatic carbocycles. The number of hydrogen-bond donors (Lipinski definition) is 1. The fourth-order valence-electron chi connectivity index (χ4n) is 4.96. The summed E-state index contributed by atoms with van der Waals surface area (Å²) in [6.07, 6.45) is 5.26. The third kappa shape index (κ3) is 3.87. The van der Waals surface area contributed by atoms with Gasteiger partial charge >= 0.3 is 0 Å². The maximum atomic E-state index is 10.8. The van der Waals surface area contributed by atoms with E-state index in [9.17, 15) is 5.11 Å². The van der Waals surface area contributed by atoms with Crippen LogP contribution >= 0.6 is 0 Å². The lowest BCUT2D eigenvalue weighted by Crippen LogP contribution is -2.35. The lowest BCUT2D eigenvalue weighted by atomic mass is 10.0. The van der Waals surface area contributed by atoms with Gasteiger partial charge in [0, 0.05) is 25.7 Å². The SMILES string of the molecule is O[C@@H](c1ccccc1)c1cc2n(n1)CCCN(C1CCc3ccccc3CC1)C2. The van der Waals surface area contributed by atoms with Crippen LogP contribution in [-0.4, -0.2) is 32.4 Å². The summed E-state index contributed by atoms with van der Waals surface area (Å²) >= 11 is 0. The Morgan fingerprint density at radius 1 is 0.897 bits per heavy atom. The monoisotopic (exact) mass is 387 g/mol. The summed E-state index contributed by atoms with van der Waals surface area (Å²) in [6.45, 7) is 2.98. The minimum Gasteiger partial charge on any atom is -0.382 e. The molecule has 1 atom stereocenters. The van der Waals surface area contributed by atoms with Crippen LogP contribution in [0.5, 0.6) is 0 Å². The van der Waals surface area contributed by atoms with Crippen molar-refractivity contribution in [2.75, 3.05) is 6.54 Å². The molecule has 3 aromatic rings. The number of hydrogen-bond acceptors (Lipinski definition) is 3. The Kier molecular flexibility index (Phi) is 5.21. The second-order valence-electron chi connectivity index (χ2n) is 8.42. The van der Waals surface area contributed by atoms with E-state index in [1.165, 1.54) is 42.5 Å². The summed E-state index contributed by atoms with van der Waals surface area (Å²) in [5.74, 6) is 0. The molecule has 4 heteroatoms. The van der Waals surface area contributed by atoms with Crippen LogP contribution in [0.3, 0.4) is 0 Å². The van der Waals surface area contributed by atoms with Crippen LogP contribution in [-0.2, 0) is 25.9 Å². The van der Waals surface area contributed by atoms with E-state index in [1.54, 1.807) is 0 Å². The molecule has 0 saturated carbocycles. The molecule has 0 spiro atoms. The van der Waals surface area contributed by atoms with Crippen molar-refractivity contribution in [1.82, 2.24) is 14.7 Å². The summed E-state index contributed by atoms with van der Waals surface area (Å²) in [5.41, 5.74) is 5.96. The zero-order valence-electron chi connectivity index (χ0n) is 16.9. The molecule has 0 unspecified atom stereocenters. The van der Waals surface area contributed by atoms with E-state index < -0.39 is 6.10 Å². The van der Waals surface area contributed by atoms with Gasteiger partial charge in [-0.15, -0.1) is 0 Å². The van der Waals surface area contributed by atoms with Gasteiger partial charge in [0.05, 0.1) is 11.4 Å². The van der Waals surface area contributed by atoms with Gasteiger partial charge in [-0.1, -0.05) is 54.6 Å². The van der Waals surface area contributed by atoms with Crippen molar-refractivity contribution in [1.29, 1.82) is 0 Å². The van der Waals surface area contributed by atoms with Crippen LogP contribution in [0, 0.1) is 0 Å². The van der Waals surface area contributed by atoms with Gasteiger partial charge in [0.15, 0.2) is 0 Å². The Morgan fingerprint density at radius 3 is 2.31 bits per heavy atom. The van der Waals surface area contributed by atoms with Crippen LogP contribution in [0.15, 0.2) is 60.7 Å². The van der Waals surface area contributed by atoms with Gasteiger partial charge in [0.1, 0.15) is 6.10 Å². The van der Waals surface area contributed by atoms with Crippen LogP contribution in [0.1, 0.15) is 53.4 Å². The number of rotatable bonds is 3. The molecule has 0 radical (unpaired) electrons. The first-order valence-corrected chi connectivity index (χ1v) is 10.9. The zero-order valence-corrected chi connectivity index (χ0v) is 16.9. The van der Waals surface area contributed by atoms with Gasteiger partial charge in [-0.25, -0.2) is 0 Å². The van der Waals surface area contributed by atoms with E-state index in [1.807, 2.05) is 30.3 Å². The number of aryl methyl sites for hydroxylation is 3. The fourth-order valence-corrected chi connectivity index (χ4v) is 4.96. The smallest absolute Gasteiger partial charge is 0.123 e. The highest BCUT2D eigenvalue weighted by Crippen LogP contribution is 2.28. The van der Waals surface area contributed by atoms with Gasteiger partial charge in [0.25, 0.3) is 0 Å². The highest BCUT2D eigenvalue weighted by molar-refractivity contribution is 5.29. The molecular formula is C25H29N3O. The molecule has 1 aromatic heterocycles. The van der Waals surface area contributed by atoms with Gasteiger partial charge in [-0.2, -0.15) is 5.10 Å². The topological polar surface area (TPSA) is 41.3 Å². The number of nitrogens with zero attached hydrogens (tertiary/aromatic N) is 3. The Bertz CT molecular complexity index is 938. The zero-order chi connectivity index (χ0) is 19.6. The highest BCUT2D eigenvalue weighted by Gasteiger charge is 2.26. The first-order chi connectivity index (χ1) is 14.3. The van der Waals surface area contributed by atoms with E-state index in [0.717, 1.165) is 37.3 Å². The van der Waals surface area contributed by atoms with E-state index in [4.69, 9.17) is 5.10 Å².